The zero-order valence-corrected chi connectivity index (χ0v) is 9.76. The molecule has 1 aromatic heterocycles. The van der Waals surface area contributed by atoms with E-state index in [-0.39, 0.29) is 11.8 Å². The normalized spacial score (nSPS) is 9.94. The van der Waals surface area contributed by atoms with Crippen LogP contribution in [-0.4, -0.2) is 6.03 Å². The summed E-state index contributed by atoms with van der Waals surface area (Å²) in [5, 5.41) is 8.07. The maximum absolute atomic E-state index is 12.6. The summed E-state index contributed by atoms with van der Waals surface area (Å²) in [5.74, 6) is -0.281. The summed E-state index contributed by atoms with van der Waals surface area (Å²) in [4.78, 5) is 11.5. The standard InChI is InChI=1S/C12H11FN2OS/c13-10-5-3-9(4-6-10)8-14-12(16)15-11-2-1-7-17-11/h1-7H,8H2,(H2,14,15,16). The molecule has 0 fully saturated rings. The minimum atomic E-state index is -0.281. The number of halogens is 1. The summed E-state index contributed by atoms with van der Waals surface area (Å²) in [6.45, 7) is 0.373. The average molecular weight is 250 g/mol. The van der Waals surface area contributed by atoms with Gasteiger partial charge in [-0.25, -0.2) is 9.18 Å². The molecule has 0 unspecified atom stereocenters. The molecule has 1 aromatic carbocycles. The third-order valence-electron chi connectivity index (χ3n) is 2.12. The highest BCUT2D eigenvalue weighted by Gasteiger charge is 2.01. The van der Waals surface area contributed by atoms with Crippen molar-refractivity contribution >= 4 is 22.4 Å². The number of urea groups is 1. The number of nitrogens with one attached hydrogen (secondary N) is 2. The number of benzene rings is 1. The van der Waals surface area contributed by atoms with E-state index < -0.39 is 0 Å². The first-order valence-electron chi connectivity index (χ1n) is 5.07. The van der Waals surface area contributed by atoms with E-state index in [9.17, 15) is 9.18 Å². The molecular formula is C12H11FN2OS. The topological polar surface area (TPSA) is 41.1 Å². The molecule has 0 aliphatic rings. The summed E-state index contributed by atoms with van der Waals surface area (Å²) in [6, 6.07) is 9.43. The molecule has 2 rings (SSSR count). The second-order valence-corrected chi connectivity index (χ2v) is 4.36. The second-order valence-electron chi connectivity index (χ2n) is 3.41. The Labute approximate surface area is 102 Å². The van der Waals surface area contributed by atoms with Crippen molar-refractivity contribution in [2.24, 2.45) is 0 Å². The van der Waals surface area contributed by atoms with Crippen molar-refractivity contribution in [2.45, 2.75) is 6.54 Å². The Bertz CT molecular complexity index is 482. The molecular weight excluding hydrogens is 239 g/mol. The predicted octanol–water partition coefficient (Wildman–Crippen LogP) is 3.21. The third-order valence-corrected chi connectivity index (χ3v) is 2.91. The zero-order chi connectivity index (χ0) is 12.1. The van der Waals surface area contributed by atoms with Gasteiger partial charge in [-0.15, -0.1) is 11.3 Å². The fourth-order valence-corrected chi connectivity index (χ4v) is 1.90. The van der Waals surface area contributed by atoms with Crippen molar-refractivity contribution in [1.82, 2.24) is 5.32 Å². The number of carbonyl (C=O) groups excluding carboxylic acids is 1. The number of amides is 2. The molecule has 0 bridgehead atoms. The second kappa shape index (κ2) is 5.45. The van der Waals surface area contributed by atoms with Crippen LogP contribution in [0.25, 0.3) is 0 Å². The number of hydrogen-bond acceptors (Lipinski definition) is 2. The Morgan fingerprint density at radius 2 is 2.00 bits per heavy atom. The molecule has 88 valence electrons. The van der Waals surface area contributed by atoms with E-state index in [4.69, 9.17) is 0 Å². The number of carbonyl (C=O) groups is 1. The van der Waals surface area contributed by atoms with Crippen LogP contribution in [0, 0.1) is 5.82 Å². The molecule has 0 atom stereocenters. The van der Waals surface area contributed by atoms with Gasteiger partial charge in [0, 0.05) is 6.54 Å². The molecule has 2 N–H and O–H groups in total. The lowest BCUT2D eigenvalue weighted by atomic mass is 10.2. The quantitative estimate of drug-likeness (QED) is 0.862. The highest BCUT2D eigenvalue weighted by atomic mass is 32.1. The molecule has 1 heterocycles. The van der Waals surface area contributed by atoms with Gasteiger partial charge in [0.1, 0.15) is 5.82 Å². The van der Waals surface area contributed by atoms with Crippen molar-refractivity contribution in [2.75, 3.05) is 5.32 Å². The molecule has 5 heteroatoms. The van der Waals surface area contributed by atoms with Crippen LogP contribution in [0.1, 0.15) is 5.56 Å². The van der Waals surface area contributed by atoms with Crippen LogP contribution in [0.4, 0.5) is 14.2 Å². The van der Waals surface area contributed by atoms with Gasteiger partial charge in [-0.2, -0.15) is 0 Å². The van der Waals surface area contributed by atoms with Crippen LogP contribution in [-0.2, 0) is 6.54 Å². The SMILES string of the molecule is O=C(NCc1ccc(F)cc1)Nc1cccs1. The van der Waals surface area contributed by atoms with E-state index in [0.717, 1.165) is 10.6 Å². The Balaban J connectivity index is 1.82. The minimum Gasteiger partial charge on any atom is -0.334 e. The third kappa shape index (κ3) is 3.57. The first kappa shape index (κ1) is 11.6. The molecule has 0 aliphatic heterocycles. The fraction of sp³-hybridized carbons (Fsp3) is 0.0833. The van der Waals surface area contributed by atoms with Gasteiger partial charge >= 0.3 is 6.03 Å². The van der Waals surface area contributed by atoms with Crippen molar-refractivity contribution < 1.29 is 9.18 Å². The van der Waals surface area contributed by atoms with E-state index in [1.54, 1.807) is 12.1 Å². The van der Waals surface area contributed by atoms with Gasteiger partial charge in [0.15, 0.2) is 0 Å². The van der Waals surface area contributed by atoms with E-state index in [0.29, 0.717) is 6.54 Å². The van der Waals surface area contributed by atoms with Crippen LogP contribution < -0.4 is 10.6 Å². The molecule has 0 radical (unpaired) electrons. The summed E-state index contributed by atoms with van der Waals surface area (Å²) in [5.41, 5.74) is 0.854. The first-order valence-corrected chi connectivity index (χ1v) is 5.95. The Hall–Kier alpha value is -1.88. The lowest BCUT2D eigenvalue weighted by molar-refractivity contribution is 0.252. The van der Waals surface area contributed by atoms with Gasteiger partial charge in [0.2, 0.25) is 0 Å². The van der Waals surface area contributed by atoms with E-state index in [1.165, 1.54) is 23.5 Å². The van der Waals surface area contributed by atoms with Crippen LogP contribution in [0.3, 0.4) is 0 Å². The minimum absolute atomic E-state index is 0.267. The maximum Gasteiger partial charge on any atom is 0.320 e. The number of rotatable bonds is 3. The van der Waals surface area contributed by atoms with E-state index >= 15 is 0 Å². The van der Waals surface area contributed by atoms with Crippen LogP contribution in [0.2, 0.25) is 0 Å². The molecule has 2 aromatic rings. The highest BCUT2D eigenvalue weighted by Crippen LogP contribution is 2.14. The Kier molecular flexibility index (Phi) is 3.72. The van der Waals surface area contributed by atoms with E-state index in [2.05, 4.69) is 10.6 Å². The van der Waals surface area contributed by atoms with Gasteiger partial charge < -0.3 is 5.32 Å². The smallest absolute Gasteiger partial charge is 0.320 e. The maximum atomic E-state index is 12.6. The van der Waals surface area contributed by atoms with Crippen LogP contribution >= 0.6 is 11.3 Å². The van der Waals surface area contributed by atoms with Gasteiger partial charge in [-0.05, 0) is 35.2 Å². The fourth-order valence-electron chi connectivity index (χ4n) is 1.29. The monoisotopic (exact) mass is 250 g/mol. The number of anilines is 1. The summed E-state index contributed by atoms with van der Waals surface area (Å²) < 4.78 is 12.6. The largest absolute Gasteiger partial charge is 0.334 e. The molecule has 3 nitrogen and oxygen atoms in total. The lowest BCUT2D eigenvalue weighted by Gasteiger charge is -2.05. The van der Waals surface area contributed by atoms with Crippen LogP contribution in [0.15, 0.2) is 41.8 Å². The van der Waals surface area contributed by atoms with Crippen molar-refractivity contribution in [3.05, 3.63) is 53.2 Å². The summed E-state index contributed by atoms with van der Waals surface area (Å²) >= 11 is 1.45. The van der Waals surface area contributed by atoms with E-state index in [1.807, 2.05) is 17.5 Å². The first-order chi connectivity index (χ1) is 8.24. The zero-order valence-electron chi connectivity index (χ0n) is 8.94. The molecule has 0 aliphatic carbocycles. The molecule has 0 saturated heterocycles. The average Bonchev–Trinajstić information content (AvgIpc) is 2.81. The summed E-state index contributed by atoms with van der Waals surface area (Å²) in [7, 11) is 0. The lowest BCUT2D eigenvalue weighted by Crippen LogP contribution is -2.27. The van der Waals surface area contributed by atoms with Gasteiger partial charge in [-0.1, -0.05) is 12.1 Å². The molecule has 0 saturated carbocycles. The van der Waals surface area contributed by atoms with Crippen molar-refractivity contribution in [3.63, 3.8) is 0 Å². The van der Waals surface area contributed by atoms with Gasteiger partial charge in [0.25, 0.3) is 0 Å². The highest BCUT2D eigenvalue weighted by molar-refractivity contribution is 7.14. The number of thiophene rings is 1. The summed E-state index contributed by atoms with van der Waals surface area (Å²) in [6.07, 6.45) is 0. The molecule has 2 amide bonds. The van der Waals surface area contributed by atoms with Crippen molar-refractivity contribution in [1.29, 1.82) is 0 Å². The van der Waals surface area contributed by atoms with Crippen molar-refractivity contribution in [3.8, 4) is 0 Å². The van der Waals surface area contributed by atoms with Crippen LogP contribution in [0.5, 0.6) is 0 Å². The molecule has 17 heavy (non-hydrogen) atoms. The Morgan fingerprint density at radius 1 is 1.24 bits per heavy atom. The van der Waals surface area contributed by atoms with Gasteiger partial charge in [0.05, 0.1) is 5.00 Å². The Morgan fingerprint density at radius 3 is 2.65 bits per heavy atom. The number of hydrogen-bond donors (Lipinski definition) is 2. The predicted molar refractivity (Wildman–Crippen MR) is 66.6 cm³/mol. The molecule has 0 spiro atoms. The van der Waals surface area contributed by atoms with Gasteiger partial charge in [-0.3, -0.25) is 5.32 Å².